The Labute approximate surface area is 206 Å². The molecule has 0 radical (unpaired) electrons. The van der Waals surface area contributed by atoms with E-state index < -0.39 is 23.0 Å². The number of aromatic nitrogens is 2. The molecule has 0 aliphatic heterocycles. The molecule has 8 heteroatoms. The average molecular weight is 499 g/mol. The van der Waals surface area contributed by atoms with E-state index in [1.165, 1.54) is 37.3 Å². The Morgan fingerprint density at radius 3 is 2.33 bits per heavy atom. The molecule has 0 atom stereocenters. The lowest BCUT2D eigenvalue weighted by molar-refractivity contribution is -0.160. The molecule has 188 valence electrons. The maximum atomic E-state index is 15.0. The molecular weight excluding hydrogens is 472 g/mol. The van der Waals surface area contributed by atoms with Crippen molar-refractivity contribution < 1.29 is 27.1 Å². The molecule has 0 N–H and O–H groups in total. The quantitative estimate of drug-likeness (QED) is 0.264. The molecule has 2 aliphatic carbocycles. The van der Waals surface area contributed by atoms with E-state index in [1.807, 2.05) is 31.2 Å². The topological polar surface area (TPSA) is 44.1 Å². The molecule has 0 unspecified atom stereocenters. The van der Waals surface area contributed by atoms with Gasteiger partial charge in [-0.05, 0) is 73.1 Å². The van der Waals surface area contributed by atoms with Crippen molar-refractivity contribution in [1.29, 1.82) is 0 Å². The molecule has 0 spiro atoms. The molecule has 1 heterocycles. The van der Waals surface area contributed by atoms with E-state index in [9.17, 15) is 22.4 Å². The van der Waals surface area contributed by atoms with Crippen molar-refractivity contribution in [1.82, 2.24) is 9.78 Å². The number of esters is 1. The van der Waals surface area contributed by atoms with Gasteiger partial charge in [-0.1, -0.05) is 42.5 Å². The molecular formula is C28H26F4N2O2. The Kier molecular flexibility index (Phi) is 5.80. The minimum atomic E-state index is -4.28. The van der Waals surface area contributed by atoms with Crippen LogP contribution in [0, 0.1) is 6.92 Å². The van der Waals surface area contributed by atoms with Crippen LogP contribution < -0.4 is 0 Å². The van der Waals surface area contributed by atoms with Crippen LogP contribution in [-0.2, 0) is 27.1 Å². The zero-order chi connectivity index (χ0) is 25.7. The molecule has 2 saturated carbocycles. The van der Waals surface area contributed by atoms with E-state index in [1.54, 1.807) is 10.7 Å². The zero-order valence-corrected chi connectivity index (χ0v) is 20.0. The van der Waals surface area contributed by atoms with Crippen LogP contribution in [0.25, 0.3) is 11.9 Å². The standard InChI is InChI=1S/C28H26F4N2O2/c1-18-14-25(24(29)16-20-6-8-22(9-7-20)26(10-11-26)28(30,31)32)33-34(18)17-21-4-3-5-23(15-21)27(12-13-27)36-19(2)35/h3-9,14-16H,10-13,17H2,1-2H3. The number of hydrogen-bond acceptors (Lipinski definition) is 3. The van der Waals surface area contributed by atoms with Crippen LogP contribution in [0.3, 0.4) is 0 Å². The highest BCUT2D eigenvalue weighted by molar-refractivity contribution is 5.75. The lowest BCUT2D eigenvalue weighted by Gasteiger charge is -2.19. The van der Waals surface area contributed by atoms with Crippen molar-refractivity contribution in [2.45, 2.75) is 63.3 Å². The summed E-state index contributed by atoms with van der Waals surface area (Å²) in [5.41, 5.74) is 1.19. The Morgan fingerprint density at radius 2 is 1.75 bits per heavy atom. The van der Waals surface area contributed by atoms with Crippen molar-refractivity contribution in [2.24, 2.45) is 0 Å². The van der Waals surface area contributed by atoms with Crippen LogP contribution in [0.15, 0.2) is 54.6 Å². The van der Waals surface area contributed by atoms with E-state index in [4.69, 9.17) is 4.74 Å². The van der Waals surface area contributed by atoms with Gasteiger partial charge in [0.1, 0.15) is 11.3 Å². The first-order chi connectivity index (χ1) is 17.0. The smallest absolute Gasteiger partial charge is 0.398 e. The van der Waals surface area contributed by atoms with Crippen LogP contribution in [0.5, 0.6) is 0 Å². The predicted octanol–water partition coefficient (Wildman–Crippen LogP) is 6.85. The van der Waals surface area contributed by atoms with Gasteiger partial charge in [-0.2, -0.15) is 18.3 Å². The number of hydrogen-bond donors (Lipinski definition) is 0. The summed E-state index contributed by atoms with van der Waals surface area (Å²) >= 11 is 0. The normalized spacial score (nSPS) is 18.1. The number of ether oxygens (including phenoxy) is 1. The fraction of sp³-hybridized carbons (Fsp3) is 0.357. The second-order valence-corrected chi connectivity index (χ2v) is 9.81. The second kappa shape index (κ2) is 8.61. The molecule has 36 heavy (non-hydrogen) atoms. The molecule has 2 aliphatic rings. The number of halogens is 4. The molecule has 5 rings (SSSR count). The number of alkyl halides is 3. The maximum absolute atomic E-state index is 15.0. The second-order valence-electron chi connectivity index (χ2n) is 9.81. The largest absolute Gasteiger partial charge is 0.454 e. The van der Waals surface area contributed by atoms with E-state index in [0.29, 0.717) is 12.1 Å². The van der Waals surface area contributed by atoms with E-state index in [-0.39, 0.29) is 30.1 Å². The fourth-order valence-electron chi connectivity index (χ4n) is 4.73. The Balaban J connectivity index is 1.31. The molecule has 4 nitrogen and oxygen atoms in total. The minimum Gasteiger partial charge on any atom is -0.454 e. The first kappa shape index (κ1) is 24.3. The molecule has 0 saturated heterocycles. The van der Waals surface area contributed by atoms with E-state index in [0.717, 1.165) is 29.7 Å². The van der Waals surface area contributed by atoms with Gasteiger partial charge in [-0.15, -0.1) is 0 Å². The molecule has 3 aromatic rings. The summed E-state index contributed by atoms with van der Waals surface area (Å²) in [6, 6.07) is 15.3. The van der Waals surface area contributed by atoms with Gasteiger partial charge in [0.15, 0.2) is 5.83 Å². The summed E-state index contributed by atoms with van der Waals surface area (Å²) in [5, 5.41) is 4.40. The maximum Gasteiger partial charge on any atom is 0.398 e. The molecule has 1 aromatic heterocycles. The highest BCUT2D eigenvalue weighted by Gasteiger charge is 2.64. The fourth-order valence-corrected chi connectivity index (χ4v) is 4.73. The molecule has 2 aromatic carbocycles. The Morgan fingerprint density at radius 1 is 1.06 bits per heavy atom. The first-order valence-corrected chi connectivity index (χ1v) is 11.9. The summed E-state index contributed by atoms with van der Waals surface area (Å²) in [7, 11) is 0. The van der Waals surface area contributed by atoms with Gasteiger partial charge in [0.25, 0.3) is 0 Å². The predicted molar refractivity (Wildman–Crippen MR) is 128 cm³/mol. The summed E-state index contributed by atoms with van der Waals surface area (Å²) in [6.07, 6.45) is -1.25. The first-order valence-electron chi connectivity index (χ1n) is 11.9. The molecule has 0 amide bonds. The SMILES string of the molecule is CC(=O)OC1(c2cccc(Cn3nc(C(F)=Cc4ccc(C5(C(F)(F)F)CC5)cc4)cc3C)c2)CC1. The summed E-state index contributed by atoms with van der Waals surface area (Å²) in [4.78, 5) is 11.5. The van der Waals surface area contributed by atoms with Gasteiger partial charge in [0.2, 0.25) is 0 Å². The third-order valence-electron chi connectivity index (χ3n) is 7.10. The Hall–Kier alpha value is -3.42. The number of rotatable bonds is 7. The monoisotopic (exact) mass is 498 g/mol. The highest BCUT2D eigenvalue weighted by atomic mass is 19.4. The van der Waals surface area contributed by atoms with Gasteiger partial charge in [0, 0.05) is 12.6 Å². The number of benzene rings is 2. The van der Waals surface area contributed by atoms with Crippen molar-refractivity contribution in [3.8, 4) is 0 Å². The van der Waals surface area contributed by atoms with Gasteiger partial charge >= 0.3 is 12.1 Å². The van der Waals surface area contributed by atoms with Crippen molar-refractivity contribution >= 4 is 17.9 Å². The highest BCUT2D eigenvalue weighted by Crippen LogP contribution is 2.58. The van der Waals surface area contributed by atoms with Crippen LogP contribution in [0.1, 0.15) is 66.2 Å². The molecule has 0 bridgehead atoms. The average Bonchev–Trinajstić information content (AvgIpc) is 3.73. The van der Waals surface area contributed by atoms with Gasteiger partial charge in [-0.25, -0.2) is 4.39 Å². The third-order valence-corrected chi connectivity index (χ3v) is 7.10. The number of carbonyl (C=O) groups excluding carboxylic acids is 1. The van der Waals surface area contributed by atoms with Crippen LogP contribution >= 0.6 is 0 Å². The summed E-state index contributed by atoms with van der Waals surface area (Å²) in [6.45, 7) is 3.65. The van der Waals surface area contributed by atoms with E-state index in [2.05, 4.69) is 5.10 Å². The van der Waals surface area contributed by atoms with Crippen molar-refractivity contribution in [3.05, 3.63) is 88.2 Å². The van der Waals surface area contributed by atoms with Gasteiger partial charge < -0.3 is 4.74 Å². The number of carbonyl (C=O) groups is 1. The Bertz CT molecular complexity index is 1330. The van der Waals surface area contributed by atoms with Crippen LogP contribution in [0.2, 0.25) is 0 Å². The lowest BCUT2D eigenvalue weighted by Crippen LogP contribution is -2.28. The van der Waals surface area contributed by atoms with Crippen molar-refractivity contribution in [2.75, 3.05) is 0 Å². The zero-order valence-electron chi connectivity index (χ0n) is 20.0. The van der Waals surface area contributed by atoms with Crippen LogP contribution in [0.4, 0.5) is 17.6 Å². The number of nitrogens with zero attached hydrogens (tertiary/aromatic N) is 2. The molecule has 2 fully saturated rings. The minimum absolute atomic E-state index is 0.0877. The number of aryl methyl sites for hydroxylation is 1. The summed E-state index contributed by atoms with van der Waals surface area (Å²) < 4.78 is 62.2. The van der Waals surface area contributed by atoms with Crippen LogP contribution in [-0.4, -0.2) is 21.9 Å². The van der Waals surface area contributed by atoms with E-state index >= 15 is 0 Å². The third kappa shape index (κ3) is 4.56. The summed E-state index contributed by atoms with van der Waals surface area (Å²) in [5.74, 6) is -0.878. The van der Waals surface area contributed by atoms with Gasteiger partial charge in [0.05, 0.1) is 12.0 Å². The van der Waals surface area contributed by atoms with Crippen molar-refractivity contribution in [3.63, 3.8) is 0 Å². The van der Waals surface area contributed by atoms with Gasteiger partial charge in [-0.3, -0.25) is 9.48 Å². The lowest BCUT2D eigenvalue weighted by atomic mass is 9.94.